The summed E-state index contributed by atoms with van der Waals surface area (Å²) < 4.78 is 0. The predicted molar refractivity (Wildman–Crippen MR) is 99.9 cm³/mol. The average molecular weight is 353 g/mol. The Bertz CT molecular complexity index is 884. The van der Waals surface area contributed by atoms with Crippen molar-refractivity contribution in [1.29, 1.82) is 0 Å². The maximum Gasteiger partial charge on any atom is 0.259 e. The van der Waals surface area contributed by atoms with E-state index in [-0.39, 0.29) is 5.91 Å². The fourth-order valence-corrected chi connectivity index (χ4v) is 2.51. The summed E-state index contributed by atoms with van der Waals surface area (Å²) in [6.07, 6.45) is 1.52. The van der Waals surface area contributed by atoms with Gasteiger partial charge in [-0.1, -0.05) is 48.0 Å². The monoisotopic (exact) mass is 352 g/mol. The van der Waals surface area contributed by atoms with Gasteiger partial charge in [0.2, 0.25) is 5.95 Å². The third-order valence-electron chi connectivity index (χ3n) is 3.60. The molecule has 3 aromatic rings. The number of halogens is 1. The Balaban J connectivity index is 1.67. The van der Waals surface area contributed by atoms with Crippen molar-refractivity contribution in [3.05, 3.63) is 82.6 Å². The second-order valence-corrected chi connectivity index (χ2v) is 5.93. The average Bonchev–Trinajstić information content (AvgIpc) is 2.61. The molecule has 0 bridgehead atoms. The van der Waals surface area contributed by atoms with Crippen LogP contribution in [0.4, 0.5) is 11.6 Å². The summed E-state index contributed by atoms with van der Waals surface area (Å²) in [5, 5.41) is 6.51. The van der Waals surface area contributed by atoms with Gasteiger partial charge in [0, 0.05) is 23.5 Å². The Morgan fingerprint density at radius 1 is 1.12 bits per heavy atom. The first-order valence-electron chi connectivity index (χ1n) is 7.80. The molecule has 5 nitrogen and oxygen atoms in total. The number of anilines is 2. The molecule has 3 rings (SSSR count). The van der Waals surface area contributed by atoms with Gasteiger partial charge in [0.05, 0.1) is 11.3 Å². The van der Waals surface area contributed by atoms with Gasteiger partial charge in [0.25, 0.3) is 5.91 Å². The highest BCUT2D eigenvalue weighted by Gasteiger charge is 2.12. The molecule has 1 heterocycles. The van der Waals surface area contributed by atoms with E-state index in [9.17, 15) is 4.79 Å². The summed E-state index contributed by atoms with van der Waals surface area (Å²) >= 11 is 5.93. The van der Waals surface area contributed by atoms with Crippen LogP contribution in [0.15, 0.2) is 60.8 Å². The van der Waals surface area contributed by atoms with E-state index in [1.54, 1.807) is 31.2 Å². The molecule has 0 unspecified atom stereocenters. The molecule has 0 aliphatic heterocycles. The van der Waals surface area contributed by atoms with Gasteiger partial charge in [-0.15, -0.1) is 0 Å². The number of amides is 1. The maximum atomic E-state index is 12.4. The van der Waals surface area contributed by atoms with E-state index < -0.39 is 0 Å². The zero-order valence-electron chi connectivity index (χ0n) is 13.7. The van der Waals surface area contributed by atoms with E-state index in [2.05, 4.69) is 20.6 Å². The first-order valence-corrected chi connectivity index (χ1v) is 8.18. The first kappa shape index (κ1) is 16.9. The fraction of sp³-hybridized carbons (Fsp3) is 0.105. The molecule has 1 amide bonds. The van der Waals surface area contributed by atoms with Crippen molar-refractivity contribution in [3.63, 3.8) is 0 Å². The second kappa shape index (κ2) is 7.77. The quantitative estimate of drug-likeness (QED) is 0.718. The largest absolute Gasteiger partial charge is 0.350 e. The molecular weight excluding hydrogens is 336 g/mol. The number of carbonyl (C=O) groups is 1. The second-order valence-electron chi connectivity index (χ2n) is 5.50. The molecule has 126 valence electrons. The molecule has 0 saturated carbocycles. The van der Waals surface area contributed by atoms with Gasteiger partial charge >= 0.3 is 0 Å². The molecule has 2 aromatic carbocycles. The van der Waals surface area contributed by atoms with Gasteiger partial charge in [0.15, 0.2) is 0 Å². The number of nitrogens with one attached hydrogen (secondary N) is 2. The van der Waals surface area contributed by atoms with Crippen LogP contribution in [0.5, 0.6) is 0 Å². The number of aryl methyl sites for hydroxylation is 1. The number of nitrogens with zero attached hydrogens (tertiary/aromatic N) is 2. The molecule has 0 spiro atoms. The van der Waals surface area contributed by atoms with Crippen molar-refractivity contribution in [2.45, 2.75) is 13.5 Å². The lowest BCUT2D eigenvalue weighted by atomic mass is 10.2. The van der Waals surface area contributed by atoms with Gasteiger partial charge in [-0.2, -0.15) is 0 Å². The van der Waals surface area contributed by atoms with Gasteiger partial charge in [-0.25, -0.2) is 9.97 Å². The van der Waals surface area contributed by atoms with Gasteiger partial charge in [-0.05, 0) is 30.7 Å². The van der Waals surface area contributed by atoms with Crippen LogP contribution >= 0.6 is 11.6 Å². The predicted octanol–water partition coefficient (Wildman–Crippen LogP) is 4.30. The Morgan fingerprint density at radius 2 is 1.92 bits per heavy atom. The van der Waals surface area contributed by atoms with Crippen LogP contribution in [-0.2, 0) is 6.54 Å². The topological polar surface area (TPSA) is 66.9 Å². The van der Waals surface area contributed by atoms with Crippen molar-refractivity contribution in [3.8, 4) is 0 Å². The number of benzene rings is 2. The summed E-state index contributed by atoms with van der Waals surface area (Å²) in [7, 11) is 0. The van der Waals surface area contributed by atoms with Crippen LogP contribution in [-0.4, -0.2) is 15.9 Å². The molecule has 0 aliphatic carbocycles. The van der Waals surface area contributed by atoms with Crippen molar-refractivity contribution >= 4 is 29.1 Å². The Morgan fingerprint density at radius 3 is 2.64 bits per heavy atom. The number of hydrogen-bond acceptors (Lipinski definition) is 4. The Hall–Kier alpha value is -2.92. The molecular formula is C19H17ClN4O. The summed E-state index contributed by atoms with van der Waals surface area (Å²) in [5.74, 6) is 0.218. The van der Waals surface area contributed by atoms with Crippen LogP contribution in [0.25, 0.3) is 0 Å². The zero-order chi connectivity index (χ0) is 17.6. The van der Waals surface area contributed by atoms with Crippen molar-refractivity contribution in [2.24, 2.45) is 0 Å². The van der Waals surface area contributed by atoms with Crippen molar-refractivity contribution in [2.75, 3.05) is 10.6 Å². The van der Waals surface area contributed by atoms with Gasteiger partial charge in [0.1, 0.15) is 0 Å². The zero-order valence-corrected chi connectivity index (χ0v) is 14.4. The van der Waals surface area contributed by atoms with E-state index in [1.165, 1.54) is 6.20 Å². The fourth-order valence-electron chi connectivity index (χ4n) is 2.32. The molecule has 0 radical (unpaired) electrons. The van der Waals surface area contributed by atoms with Crippen LogP contribution in [0, 0.1) is 6.92 Å². The van der Waals surface area contributed by atoms with Crippen LogP contribution in [0.1, 0.15) is 21.6 Å². The van der Waals surface area contributed by atoms with Crippen LogP contribution < -0.4 is 10.6 Å². The van der Waals surface area contributed by atoms with E-state index in [0.29, 0.717) is 34.5 Å². The van der Waals surface area contributed by atoms with E-state index in [4.69, 9.17) is 11.6 Å². The minimum Gasteiger partial charge on any atom is -0.350 e. The SMILES string of the molecule is Cc1nc(NCc2ccccc2)ncc1C(=O)Nc1cccc(Cl)c1. The standard InChI is InChI=1S/C19H17ClN4O/c1-13-17(18(25)24-16-9-5-8-15(20)10-16)12-22-19(23-13)21-11-14-6-3-2-4-7-14/h2-10,12H,11H2,1H3,(H,24,25)(H,21,22,23). The van der Waals surface area contributed by atoms with E-state index in [0.717, 1.165) is 5.56 Å². The lowest BCUT2D eigenvalue weighted by Gasteiger charge is -2.09. The lowest BCUT2D eigenvalue weighted by molar-refractivity contribution is 0.102. The van der Waals surface area contributed by atoms with Gasteiger partial charge < -0.3 is 10.6 Å². The number of hydrogen-bond donors (Lipinski definition) is 2. The highest BCUT2D eigenvalue weighted by Crippen LogP contribution is 2.17. The Kier molecular flexibility index (Phi) is 5.26. The molecule has 0 saturated heterocycles. The highest BCUT2D eigenvalue weighted by atomic mass is 35.5. The van der Waals surface area contributed by atoms with Crippen molar-refractivity contribution in [1.82, 2.24) is 9.97 Å². The molecule has 0 atom stereocenters. The van der Waals surface area contributed by atoms with E-state index >= 15 is 0 Å². The first-order chi connectivity index (χ1) is 12.1. The summed E-state index contributed by atoms with van der Waals surface area (Å²) in [4.78, 5) is 21.0. The van der Waals surface area contributed by atoms with Crippen molar-refractivity contribution < 1.29 is 4.79 Å². The van der Waals surface area contributed by atoms with Crippen LogP contribution in [0.2, 0.25) is 5.02 Å². The van der Waals surface area contributed by atoms with E-state index in [1.807, 2.05) is 30.3 Å². The number of carbonyl (C=O) groups excluding carboxylic acids is 1. The molecule has 0 fully saturated rings. The lowest BCUT2D eigenvalue weighted by Crippen LogP contribution is -2.15. The smallest absolute Gasteiger partial charge is 0.259 e. The molecule has 1 aromatic heterocycles. The third-order valence-corrected chi connectivity index (χ3v) is 3.83. The molecule has 25 heavy (non-hydrogen) atoms. The normalized spacial score (nSPS) is 10.3. The third kappa shape index (κ3) is 4.55. The highest BCUT2D eigenvalue weighted by molar-refractivity contribution is 6.30. The summed E-state index contributed by atoms with van der Waals surface area (Å²) in [5.41, 5.74) is 2.78. The summed E-state index contributed by atoms with van der Waals surface area (Å²) in [6.45, 7) is 2.40. The minimum absolute atomic E-state index is 0.269. The maximum absolute atomic E-state index is 12.4. The summed E-state index contributed by atoms with van der Waals surface area (Å²) in [6, 6.07) is 17.0. The minimum atomic E-state index is -0.269. The molecule has 6 heteroatoms. The Labute approximate surface area is 151 Å². The number of rotatable bonds is 5. The molecule has 2 N–H and O–H groups in total. The number of aromatic nitrogens is 2. The molecule has 0 aliphatic rings. The van der Waals surface area contributed by atoms with Crippen LogP contribution in [0.3, 0.4) is 0 Å². The van der Waals surface area contributed by atoms with Gasteiger partial charge in [-0.3, -0.25) is 4.79 Å².